The van der Waals surface area contributed by atoms with Gasteiger partial charge in [-0.25, -0.2) is 4.57 Å². The number of nitrogens with zero attached hydrogens (tertiary/aromatic N) is 1. The summed E-state index contributed by atoms with van der Waals surface area (Å²) in [6.45, 7) is 3.36. The Morgan fingerprint density at radius 2 is 1.54 bits per heavy atom. The summed E-state index contributed by atoms with van der Waals surface area (Å²) in [6.07, 6.45) is 6.75. The molecule has 4 heteroatoms. The van der Waals surface area contributed by atoms with E-state index in [9.17, 15) is 0 Å². The number of aromatic nitrogens is 1. The zero-order chi connectivity index (χ0) is 7.23. The molecule has 0 bridgehead atoms. The minimum Gasteiger partial charge on any atom is -0.205 e. The van der Waals surface area contributed by atoms with Gasteiger partial charge >= 0.3 is 17.4 Å². The number of rotatable bonds is 3. The van der Waals surface area contributed by atoms with Crippen LogP contribution in [0, 0.1) is 0 Å². The van der Waals surface area contributed by atoms with Gasteiger partial charge in [-0.05, 0) is 0 Å². The van der Waals surface area contributed by atoms with E-state index in [1.807, 2.05) is 6.07 Å². The largest absolute Gasteiger partial charge is 3.00 e. The fraction of sp³-hybridized carbons (Fsp3) is 0.444. The number of pyridine rings is 1. The number of hydrogen-bond donors (Lipinski definition) is 0. The van der Waals surface area contributed by atoms with Crippen LogP contribution in [0.15, 0.2) is 30.6 Å². The molecule has 0 N–H and O–H groups in total. The zero-order valence-corrected chi connectivity index (χ0v) is 10.6. The summed E-state index contributed by atoms with van der Waals surface area (Å²) in [6, 6.07) is 6.17. The van der Waals surface area contributed by atoms with Crippen LogP contribution in [0.3, 0.4) is 0 Å². The summed E-state index contributed by atoms with van der Waals surface area (Å²) in [5.41, 5.74) is 0. The Balaban J connectivity index is -0.000000333. The van der Waals surface area contributed by atoms with Gasteiger partial charge in [0.15, 0.2) is 12.4 Å². The van der Waals surface area contributed by atoms with Gasteiger partial charge in [-0.1, -0.05) is 19.4 Å². The Hall–Kier alpha value is 0.262. The van der Waals surface area contributed by atoms with Crippen LogP contribution in [-0.4, -0.2) is 17.4 Å². The van der Waals surface area contributed by atoms with Gasteiger partial charge in [0, 0.05) is 18.6 Å². The van der Waals surface area contributed by atoms with Crippen LogP contribution in [0.2, 0.25) is 0 Å². The standard InChI is InChI=1S/C9H14N.Al.2ClH/c1-2-3-7-10-8-5-4-6-9-10;;;/h4-6,8-9H,2-3,7H2,1H3;;2*1H/q+1;+3;;. The summed E-state index contributed by atoms with van der Waals surface area (Å²) in [5, 5.41) is 0. The zero-order valence-electron chi connectivity index (χ0n) is 7.85. The van der Waals surface area contributed by atoms with Crippen LogP contribution < -0.4 is 4.57 Å². The van der Waals surface area contributed by atoms with E-state index >= 15 is 0 Å². The maximum atomic E-state index is 2.21. The topological polar surface area (TPSA) is 3.88 Å². The second kappa shape index (κ2) is 12.3. The summed E-state index contributed by atoms with van der Waals surface area (Å²) in [4.78, 5) is 0. The van der Waals surface area contributed by atoms with Crippen molar-refractivity contribution in [2.24, 2.45) is 0 Å². The third-order valence-electron chi connectivity index (χ3n) is 1.55. The van der Waals surface area contributed by atoms with Gasteiger partial charge in [0.05, 0.1) is 0 Å². The number of hydrogen-bond acceptors (Lipinski definition) is 0. The summed E-state index contributed by atoms with van der Waals surface area (Å²) in [7, 11) is 0. The van der Waals surface area contributed by atoms with Gasteiger partial charge in [0.1, 0.15) is 6.54 Å². The van der Waals surface area contributed by atoms with Gasteiger partial charge in [-0.15, -0.1) is 24.8 Å². The van der Waals surface area contributed by atoms with Crippen molar-refractivity contribution in [1.82, 2.24) is 0 Å². The van der Waals surface area contributed by atoms with Gasteiger partial charge in [-0.3, -0.25) is 0 Å². The predicted octanol–water partition coefficient (Wildman–Crippen LogP) is 2.24. The van der Waals surface area contributed by atoms with Gasteiger partial charge < -0.3 is 0 Å². The molecule has 1 rings (SSSR count). The Labute approximate surface area is 104 Å². The molecule has 70 valence electrons. The first-order valence-electron chi connectivity index (χ1n) is 3.87. The van der Waals surface area contributed by atoms with Gasteiger partial charge in [-0.2, -0.15) is 0 Å². The molecule has 0 aliphatic rings. The Bertz CT molecular complexity index is 182. The average Bonchev–Trinajstić information content (AvgIpc) is 2.03. The maximum absolute atomic E-state index is 2.21. The smallest absolute Gasteiger partial charge is 0.205 e. The SMILES string of the molecule is CCCC[n+]1ccccc1.Cl.Cl.[Al+3]. The molecule has 0 aliphatic heterocycles. The minimum atomic E-state index is 0. The third kappa shape index (κ3) is 8.59. The molecule has 13 heavy (non-hydrogen) atoms. The summed E-state index contributed by atoms with van der Waals surface area (Å²) < 4.78 is 2.21. The molecular weight excluding hydrogens is 220 g/mol. The second-order valence-electron chi connectivity index (χ2n) is 2.47. The van der Waals surface area contributed by atoms with E-state index in [0.717, 1.165) is 6.54 Å². The van der Waals surface area contributed by atoms with Crippen molar-refractivity contribution in [3.63, 3.8) is 0 Å². The van der Waals surface area contributed by atoms with E-state index in [2.05, 4.69) is 36.0 Å². The van der Waals surface area contributed by atoms with Crippen molar-refractivity contribution < 1.29 is 4.57 Å². The van der Waals surface area contributed by atoms with Crippen molar-refractivity contribution in [2.75, 3.05) is 0 Å². The Kier molecular flexibility index (Phi) is 17.9. The summed E-state index contributed by atoms with van der Waals surface area (Å²) >= 11 is 0. The van der Waals surface area contributed by atoms with Crippen molar-refractivity contribution in [2.45, 2.75) is 26.3 Å². The monoisotopic (exact) mass is 235 g/mol. The molecule has 0 saturated carbocycles. The molecule has 0 atom stereocenters. The van der Waals surface area contributed by atoms with Crippen LogP contribution in [0.5, 0.6) is 0 Å². The molecule has 1 aromatic rings. The number of unbranched alkanes of at least 4 members (excludes halogenated alkanes) is 1. The molecule has 0 amide bonds. The van der Waals surface area contributed by atoms with Crippen LogP contribution in [-0.2, 0) is 6.54 Å². The second-order valence-corrected chi connectivity index (χ2v) is 2.47. The van der Waals surface area contributed by atoms with E-state index in [1.54, 1.807) is 0 Å². The first kappa shape index (κ1) is 18.9. The molecule has 0 fully saturated rings. The fourth-order valence-electron chi connectivity index (χ4n) is 0.924. The predicted molar refractivity (Wildman–Crippen MR) is 61.8 cm³/mol. The third-order valence-corrected chi connectivity index (χ3v) is 1.55. The van der Waals surface area contributed by atoms with Crippen molar-refractivity contribution in [3.8, 4) is 0 Å². The molecule has 0 spiro atoms. The van der Waals surface area contributed by atoms with Crippen molar-refractivity contribution >= 4 is 42.2 Å². The molecule has 0 saturated heterocycles. The van der Waals surface area contributed by atoms with E-state index in [4.69, 9.17) is 0 Å². The van der Waals surface area contributed by atoms with Crippen molar-refractivity contribution in [1.29, 1.82) is 0 Å². The molecule has 0 unspecified atom stereocenters. The molecule has 0 radical (unpaired) electrons. The fourth-order valence-corrected chi connectivity index (χ4v) is 0.924. The summed E-state index contributed by atoms with van der Waals surface area (Å²) in [5.74, 6) is 0. The van der Waals surface area contributed by atoms with Crippen LogP contribution in [0.25, 0.3) is 0 Å². The molecule has 0 aliphatic carbocycles. The normalized spacial score (nSPS) is 7.46. The number of aryl methyl sites for hydroxylation is 1. The first-order chi connectivity index (χ1) is 4.93. The van der Waals surface area contributed by atoms with Crippen LogP contribution in [0.1, 0.15) is 19.8 Å². The maximum Gasteiger partial charge on any atom is 3.00 e. The van der Waals surface area contributed by atoms with Crippen LogP contribution >= 0.6 is 24.8 Å². The van der Waals surface area contributed by atoms with E-state index in [-0.39, 0.29) is 42.2 Å². The molecule has 0 aromatic carbocycles. The molecular formula is C9H16AlCl2N+4. The van der Waals surface area contributed by atoms with Gasteiger partial charge in [0.2, 0.25) is 0 Å². The first-order valence-corrected chi connectivity index (χ1v) is 3.87. The van der Waals surface area contributed by atoms with E-state index in [1.165, 1.54) is 12.8 Å². The minimum absolute atomic E-state index is 0. The number of halogens is 2. The average molecular weight is 236 g/mol. The van der Waals surface area contributed by atoms with E-state index in [0.29, 0.717) is 0 Å². The van der Waals surface area contributed by atoms with E-state index < -0.39 is 0 Å². The molecule has 1 heterocycles. The Morgan fingerprint density at radius 1 is 1.00 bits per heavy atom. The van der Waals surface area contributed by atoms with Crippen molar-refractivity contribution in [3.05, 3.63) is 30.6 Å². The van der Waals surface area contributed by atoms with Crippen LogP contribution in [0.4, 0.5) is 0 Å². The molecule has 1 aromatic heterocycles. The Morgan fingerprint density at radius 3 is 2.00 bits per heavy atom. The molecule has 1 nitrogen and oxygen atoms in total. The quantitative estimate of drug-likeness (QED) is 0.559. The van der Waals surface area contributed by atoms with Gasteiger partial charge in [0.25, 0.3) is 0 Å².